The second-order valence-corrected chi connectivity index (χ2v) is 7.27. The van der Waals surface area contributed by atoms with Gasteiger partial charge in [0.25, 0.3) is 5.91 Å². The van der Waals surface area contributed by atoms with E-state index in [0.29, 0.717) is 16.8 Å². The molecule has 138 valence electrons. The maximum Gasteiger partial charge on any atom is 0.262 e. The maximum atomic E-state index is 12.1. The van der Waals surface area contributed by atoms with E-state index in [-0.39, 0.29) is 12.5 Å². The Morgan fingerprint density at radius 1 is 1.23 bits per heavy atom. The first-order valence-electron chi connectivity index (χ1n) is 9.08. The van der Waals surface area contributed by atoms with Crippen LogP contribution in [0.25, 0.3) is 0 Å². The number of ether oxygens (including phenoxy) is 1. The molecule has 1 aliphatic heterocycles. The van der Waals surface area contributed by atoms with Crippen molar-refractivity contribution in [3.63, 3.8) is 0 Å². The van der Waals surface area contributed by atoms with Crippen molar-refractivity contribution in [2.45, 2.75) is 39.2 Å². The predicted octanol–water partition coefficient (Wildman–Crippen LogP) is 5.04. The van der Waals surface area contributed by atoms with Crippen LogP contribution >= 0.6 is 11.6 Å². The fourth-order valence-electron chi connectivity index (χ4n) is 3.33. The van der Waals surface area contributed by atoms with Crippen LogP contribution in [0.3, 0.4) is 0 Å². The summed E-state index contributed by atoms with van der Waals surface area (Å²) < 4.78 is 5.58. The first kappa shape index (κ1) is 18.6. The number of nitrogens with one attached hydrogen (secondary N) is 1. The Morgan fingerprint density at radius 2 is 2.00 bits per heavy atom. The third-order valence-corrected chi connectivity index (χ3v) is 5.02. The van der Waals surface area contributed by atoms with E-state index >= 15 is 0 Å². The van der Waals surface area contributed by atoms with Gasteiger partial charge in [0.15, 0.2) is 6.61 Å². The van der Waals surface area contributed by atoms with Gasteiger partial charge in [0.05, 0.1) is 0 Å². The standard InChI is InChI=1S/C21H25ClN2O2/c1-15-13-17(22)6-11-20(15)26-14-21(25)23-18-7-9-19(10-8-18)24-12-4-3-5-16(24)2/h6-11,13,16H,3-5,12,14H2,1-2H3,(H,23,25)/t16-/m0/s1. The molecule has 1 N–H and O–H groups in total. The number of rotatable bonds is 5. The van der Waals surface area contributed by atoms with Gasteiger partial charge in [-0.15, -0.1) is 0 Å². The average Bonchev–Trinajstić information content (AvgIpc) is 2.62. The second kappa shape index (κ2) is 8.45. The SMILES string of the molecule is Cc1cc(Cl)ccc1OCC(=O)Nc1ccc(N2CCCC[C@@H]2C)cc1. The monoisotopic (exact) mass is 372 g/mol. The number of amides is 1. The first-order chi connectivity index (χ1) is 12.5. The van der Waals surface area contributed by atoms with Crippen molar-refractivity contribution in [1.29, 1.82) is 0 Å². The molecule has 0 aliphatic carbocycles. The van der Waals surface area contributed by atoms with Gasteiger partial charge in [-0.25, -0.2) is 0 Å². The lowest BCUT2D eigenvalue weighted by Gasteiger charge is -2.35. The molecular formula is C21H25ClN2O2. The van der Waals surface area contributed by atoms with E-state index in [9.17, 15) is 4.79 Å². The van der Waals surface area contributed by atoms with Crippen LogP contribution in [0.4, 0.5) is 11.4 Å². The van der Waals surface area contributed by atoms with Gasteiger partial charge in [-0.1, -0.05) is 11.6 Å². The molecule has 1 aliphatic rings. The Balaban J connectivity index is 1.54. The van der Waals surface area contributed by atoms with E-state index in [4.69, 9.17) is 16.3 Å². The fraction of sp³-hybridized carbons (Fsp3) is 0.381. The molecule has 1 atom stereocenters. The number of hydrogen-bond donors (Lipinski definition) is 1. The topological polar surface area (TPSA) is 41.6 Å². The molecule has 1 saturated heterocycles. The Kier molecular flexibility index (Phi) is 6.04. The largest absolute Gasteiger partial charge is 0.483 e. The third kappa shape index (κ3) is 4.70. The van der Waals surface area contributed by atoms with Crippen LogP contribution in [0.5, 0.6) is 5.75 Å². The summed E-state index contributed by atoms with van der Waals surface area (Å²) >= 11 is 5.93. The number of carbonyl (C=O) groups excluding carboxylic acids is 1. The molecule has 0 spiro atoms. The summed E-state index contributed by atoms with van der Waals surface area (Å²) in [5.74, 6) is 0.484. The maximum absolute atomic E-state index is 12.1. The van der Waals surface area contributed by atoms with E-state index in [2.05, 4.69) is 29.3 Å². The lowest BCUT2D eigenvalue weighted by molar-refractivity contribution is -0.118. The number of halogens is 1. The highest BCUT2D eigenvalue weighted by atomic mass is 35.5. The van der Waals surface area contributed by atoms with Gasteiger partial charge < -0.3 is 15.0 Å². The van der Waals surface area contributed by atoms with Gasteiger partial charge in [0, 0.05) is 29.0 Å². The zero-order valence-corrected chi connectivity index (χ0v) is 16.1. The van der Waals surface area contributed by atoms with E-state index < -0.39 is 0 Å². The molecule has 2 aromatic carbocycles. The molecule has 3 rings (SSSR count). The summed E-state index contributed by atoms with van der Waals surface area (Å²) in [7, 11) is 0. The molecule has 0 bridgehead atoms. The van der Waals surface area contributed by atoms with Crippen LogP contribution in [0.1, 0.15) is 31.7 Å². The quantitative estimate of drug-likeness (QED) is 0.798. The summed E-state index contributed by atoms with van der Waals surface area (Å²) in [6.07, 6.45) is 3.78. The van der Waals surface area contributed by atoms with Gasteiger partial charge >= 0.3 is 0 Å². The van der Waals surface area contributed by atoms with Gasteiger partial charge in [0.2, 0.25) is 0 Å². The molecule has 5 heteroatoms. The Morgan fingerprint density at radius 3 is 2.69 bits per heavy atom. The first-order valence-corrected chi connectivity index (χ1v) is 9.46. The van der Waals surface area contributed by atoms with Crippen molar-refractivity contribution < 1.29 is 9.53 Å². The summed E-state index contributed by atoms with van der Waals surface area (Å²) in [4.78, 5) is 14.6. The predicted molar refractivity (Wildman–Crippen MR) is 107 cm³/mol. The minimum absolute atomic E-state index is 0.0343. The second-order valence-electron chi connectivity index (χ2n) is 6.83. The smallest absolute Gasteiger partial charge is 0.262 e. The molecule has 0 saturated carbocycles. The molecule has 2 aromatic rings. The minimum atomic E-state index is -0.182. The number of hydrogen-bond acceptors (Lipinski definition) is 3. The van der Waals surface area contributed by atoms with Crippen LogP contribution in [0.15, 0.2) is 42.5 Å². The van der Waals surface area contributed by atoms with Gasteiger partial charge in [-0.05, 0) is 81.1 Å². The van der Waals surface area contributed by atoms with Crippen molar-refractivity contribution in [3.8, 4) is 5.75 Å². The molecule has 26 heavy (non-hydrogen) atoms. The normalized spacial score (nSPS) is 17.0. The van der Waals surface area contributed by atoms with Crippen molar-refractivity contribution in [2.24, 2.45) is 0 Å². The molecule has 1 amide bonds. The fourth-order valence-corrected chi connectivity index (χ4v) is 3.56. The van der Waals surface area contributed by atoms with Crippen LogP contribution in [-0.4, -0.2) is 25.1 Å². The molecule has 1 fully saturated rings. The zero-order chi connectivity index (χ0) is 18.5. The van der Waals surface area contributed by atoms with Crippen molar-refractivity contribution in [3.05, 3.63) is 53.1 Å². The molecule has 1 heterocycles. The number of piperidine rings is 1. The van der Waals surface area contributed by atoms with Crippen LogP contribution in [0.2, 0.25) is 5.02 Å². The van der Waals surface area contributed by atoms with Crippen molar-refractivity contribution in [1.82, 2.24) is 0 Å². The van der Waals surface area contributed by atoms with Gasteiger partial charge in [0.1, 0.15) is 5.75 Å². The van der Waals surface area contributed by atoms with E-state index in [1.165, 1.54) is 24.9 Å². The Hall–Kier alpha value is -2.20. The lowest BCUT2D eigenvalue weighted by atomic mass is 10.0. The van der Waals surface area contributed by atoms with E-state index in [1.54, 1.807) is 12.1 Å². The highest BCUT2D eigenvalue weighted by Crippen LogP contribution is 2.26. The number of nitrogens with zero attached hydrogens (tertiary/aromatic N) is 1. The van der Waals surface area contributed by atoms with Crippen LogP contribution in [-0.2, 0) is 4.79 Å². The Labute approximate surface area is 160 Å². The number of benzene rings is 2. The zero-order valence-electron chi connectivity index (χ0n) is 15.3. The summed E-state index contributed by atoms with van der Waals surface area (Å²) in [5, 5.41) is 3.53. The van der Waals surface area contributed by atoms with Crippen LogP contribution in [0, 0.1) is 6.92 Å². The minimum Gasteiger partial charge on any atom is -0.483 e. The molecule has 0 radical (unpaired) electrons. The van der Waals surface area contributed by atoms with Gasteiger partial charge in [-0.2, -0.15) is 0 Å². The number of carbonyl (C=O) groups is 1. The summed E-state index contributed by atoms with van der Waals surface area (Å²) in [6.45, 7) is 5.24. The summed E-state index contributed by atoms with van der Waals surface area (Å²) in [5.41, 5.74) is 2.90. The molecular weight excluding hydrogens is 348 g/mol. The van der Waals surface area contributed by atoms with Crippen LogP contribution < -0.4 is 15.0 Å². The molecule has 0 unspecified atom stereocenters. The molecule has 4 nitrogen and oxygen atoms in total. The Bertz CT molecular complexity index is 761. The number of aryl methyl sites for hydroxylation is 1. The third-order valence-electron chi connectivity index (χ3n) is 4.78. The lowest BCUT2D eigenvalue weighted by Crippen LogP contribution is -2.37. The van der Waals surface area contributed by atoms with Crippen molar-refractivity contribution in [2.75, 3.05) is 23.4 Å². The number of anilines is 2. The summed E-state index contributed by atoms with van der Waals surface area (Å²) in [6, 6.07) is 13.9. The molecule has 0 aromatic heterocycles. The van der Waals surface area contributed by atoms with Gasteiger partial charge in [-0.3, -0.25) is 4.79 Å². The van der Waals surface area contributed by atoms with E-state index in [0.717, 1.165) is 17.8 Å². The highest BCUT2D eigenvalue weighted by molar-refractivity contribution is 6.30. The average molecular weight is 373 g/mol. The van der Waals surface area contributed by atoms with E-state index in [1.807, 2.05) is 25.1 Å². The van der Waals surface area contributed by atoms with Crippen molar-refractivity contribution >= 4 is 28.9 Å². The highest BCUT2D eigenvalue weighted by Gasteiger charge is 2.18.